The molecule has 3 heteroatoms. The van der Waals surface area contributed by atoms with Crippen LogP contribution in [0.3, 0.4) is 0 Å². The van der Waals surface area contributed by atoms with Gasteiger partial charge in [-0.3, -0.25) is 0 Å². The summed E-state index contributed by atoms with van der Waals surface area (Å²) in [4.78, 5) is 0. The van der Waals surface area contributed by atoms with E-state index in [2.05, 4.69) is 50.5 Å². The van der Waals surface area contributed by atoms with E-state index in [1.165, 1.54) is 11.1 Å². The van der Waals surface area contributed by atoms with Gasteiger partial charge in [0.05, 0.1) is 12.8 Å². The quantitative estimate of drug-likeness (QED) is 0.877. The van der Waals surface area contributed by atoms with E-state index in [0.29, 0.717) is 6.04 Å². The molecule has 1 atom stereocenters. The minimum absolute atomic E-state index is 0.210. The summed E-state index contributed by atoms with van der Waals surface area (Å²) >= 11 is 0. The lowest BCUT2D eigenvalue weighted by molar-refractivity contribution is 0.286. The summed E-state index contributed by atoms with van der Waals surface area (Å²) in [5.74, 6) is 0.974. The van der Waals surface area contributed by atoms with Crippen molar-refractivity contribution in [3.63, 3.8) is 0 Å². The number of ether oxygens (including phenoxy) is 1. The molecule has 1 saturated heterocycles. The summed E-state index contributed by atoms with van der Waals surface area (Å²) in [5.41, 5.74) is 3.80. The number of hydrogen-bond donors (Lipinski definition) is 2. The second-order valence-corrected chi connectivity index (χ2v) is 6.31. The highest BCUT2D eigenvalue weighted by Gasteiger charge is 2.27. The van der Waals surface area contributed by atoms with Crippen LogP contribution in [0.5, 0.6) is 5.75 Å². The van der Waals surface area contributed by atoms with Crippen LogP contribution < -0.4 is 15.4 Å². The molecule has 0 radical (unpaired) electrons. The first-order chi connectivity index (χ1) is 8.91. The van der Waals surface area contributed by atoms with Gasteiger partial charge in [-0.2, -0.15) is 0 Å². The van der Waals surface area contributed by atoms with Crippen molar-refractivity contribution in [1.29, 1.82) is 0 Å². The minimum atomic E-state index is 0.210. The van der Waals surface area contributed by atoms with Gasteiger partial charge in [0.1, 0.15) is 5.75 Å². The molecular weight excluding hydrogens is 236 g/mol. The molecule has 0 spiro atoms. The molecule has 1 fully saturated rings. The molecule has 0 amide bonds. The zero-order valence-electron chi connectivity index (χ0n) is 12.8. The van der Waals surface area contributed by atoms with Crippen LogP contribution in [0.4, 0.5) is 5.69 Å². The van der Waals surface area contributed by atoms with Gasteiger partial charge in [-0.05, 0) is 64.3 Å². The van der Waals surface area contributed by atoms with Gasteiger partial charge in [-0.15, -0.1) is 0 Å². The second kappa shape index (κ2) is 5.41. The number of methoxy groups -OCH3 is 1. The Bertz CT molecular complexity index is 454. The van der Waals surface area contributed by atoms with E-state index in [1.54, 1.807) is 7.11 Å². The predicted molar refractivity (Wildman–Crippen MR) is 81.2 cm³/mol. The van der Waals surface area contributed by atoms with Crippen LogP contribution in [0.1, 0.15) is 37.8 Å². The van der Waals surface area contributed by atoms with Crippen molar-refractivity contribution < 1.29 is 4.74 Å². The van der Waals surface area contributed by atoms with Gasteiger partial charge in [0, 0.05) is 11.6 Å². The predicted octanol–water partition coefficient (Wildman–Crippen LogP) is 3.25. The smallest absolute Gasteiger partial charge is 0.144 e. The van der Waals surface area contributed by atoms with E-state index in [-0.39, 0.29) is 5.54 Å². The Labute approximate surface area is 116 Å². The van der Waals surface area contributed by atoms with Gasteiger partial charge in [0.15, 0.2) is 0 Å². The van der Waals surface area contributed by atoms with Crippen molar-refractivity contribution >= 4 is 5.69 Å². The summed E-state index contributed by atoms with van der Waals surface area (Å²) in [5, 5.41) is 7.23. The maximum Gasteiger partial charge on any atom is 0.144 e. The lowest BCUT2D eigenvalue weighted by atomic mass is 9.89. The Morgan fingerprint density at radius 2 is 2.05 bits per heavy atom. The van der Waals surface area contributed by atoms with Gasteiger partial charge in [-0.1, -0.05) is 6.07 Å². The third-order valence-electron chi connectivity index (χ3n) is 3.84. The highest BCUT2D eigenvalue weighted by atomic mass is 16.5. The van der Waals surface area contributed by atoms with Crippen molar-refractivity contribution in [3.05, 3.63) is 23.3 Å². The highest BCUT2D eigenvalue weighted by Crippen LogP contribution is 2.32. The molecule has 0 saturated carbocycles. The molecule has 1 unspecified atom stereocenters. The molecule has 1 aliphatic rings. The summed E-state index contributed by atoms with van der Waals surface area (Å²) in [6.45, 7) is 9.82. The Morgan fingerprint density at radius 1 is 1.32 bits per heavy atom. The number of anilines is 1. The third kappa shape index (κ3) is 3.41. The van der Waals surface area contributed by atoms with Crippen LogP contribution in [-0.4, -0.2) is 25.2 Å². The summed E-state index contributed by atoms with van der Waals surface area (Å²) in [6, 6.07) is 4.85. The number of piperidine rings is 1. The first-order valence-electron chi connectivity index (χ1n) is 7.08. The van der Waals surface area contributed by atoms with E-state index in [9.17, 15) is 0 Å². The van der Waals surface area contributed by atoms with Gasteiger partial charge < -0.3 is 15.4 Å². The minimum Gasteiger partial charge on any atom is -0.494 e. The van der Waals surface area contributed by atoms with Crippen LogP contribution in [0, 0.1) is 13.8 Å². The Hall–Kier alpha value is -1.22. The van der Waals surface area contributed by atoms with Crippen molar-refractivity contribution in [1.82, 2.24) is 5.32 Å². The van der Waals surface area contributed by atoms with Gasteiger partial charge in [0.2, 0.25) is 0 Å². The SMILES string of the molecule is COc1c(C)cc(C)cc1NC1CCNC(C)(C)C1. The normalized spacial score (nSPS) is 22.1. The summed E-state index contributed by atoms with van der Waals surface area (Å²) in [6.07, 6.45) is 2.28. The number of aryl methyl sites for hydroxylation is 2. The first-order valence-corrected chi connectivity index (χ1v) is 7.08. The largest absolute Gasteiger partial charge is 0.494 e. The Kier molecular flexibility index (Phi) is 4.04. The molecule has 0 bridgehead atoms. The molecule has 2 N–H and O–H groups in total. The van der Waals surface area contributed by atoms with Crippen LogP contribution in [0.15, 0.2) is 12.1 Å². The molecule has 1 aliphatic heterocycles. The summed E-state index contributed by atoms with van der Waals surface area (Å²) in [7, 11) is 1.75. The Balaban J connectivity index is 2.18. The van der Waals surface area contributed by atoms with E-state index in [4.69, 9.17) is 4.74 Å². The monoisotopic (exact) mass is 262 g/mol. The lowest BCUT2D eigenvalue weighted by Gasteiger charge is -2.37. The van der Waals surface area contributed by atoms with Crippen LogP contribution in [0.2, 0.25) is 0 Å². The average Bonchev–Trinajstić information content (AvgIpc) is 2.26. The van der Waals surface area contributed by atoms with Crippen molar-refractivity contribution in [2.45, 2.75) is 52.1 Å². The fourth-order valence-corrected chi connectivity index (χ4v) is 3.05. The molecule has 1 heterocycles. The number of rotatable bonds is 3. The topological polar surface area (TPSA) is 33.3 Å². The number of nitrogens with one attached hydrogen (secondary N) is 2. The van der Waals surface area contributed by atoms with Crippen LogP contribution in [0.25, 0.3) is 0 Å². The molecule has 1 aromatic carbocycles. The summed E-state index contributed by atoms with van der Waals surface area (Å²) < 4.78 is 5.55. The third-order valence-corrected chi connectivity index (χ3v) is 3.84. The fraction of sp³-hybridized carbons (Fsp3) is 0.625. The molecule has 2 rings (SSSR count). The molecular formula is C16H26N2O. The maximum absolute atomic E-state index is 5.55. The molecule has 106 valence electrons. The number of hydrogen-bond acceptors (Lipinski definition) is 3. The first kappa shape index (κ1) is 14.2. The standard InChI is InChI=1S/C16H26N2O/c1-11-8-12(2)15(19-5)14(9-11)18-13-6-7-17-16(3,4)10-13/h8-9,13,17-18H,6-7,10H2,1-5H3. The van der Waals surface area contributed by atoms with Crippen molar-refractivity contribution in [2.75, 3.05) is 19.0 Å². The molecule has 1 aromatic rings. The highest BCUT2D eigenvalue weighted by molar-refractivity contribution is 5.62. The van der Waals surface area contributed by atoms with Crippen molar-refractivity contribution in [2.24, 2.45) is 0 Å². The fourth-order valence-electron chi connectivity index (χ4n) is 3.05. The maximum atomic E-state index is 5.55. The van der Waals surface area contributed by atoms with Crippen molar-refractivity contribution in [3.8, 4) is 5.75 Å². The van der Waals surface area contributed by atoms with E-state index < -0.39 is 0 Å². The molecule has 0 aromatic heterocycles. The number of benzene rings is 1. The lowest BCUT2D eigenvalue weighted by Crippen LogP contribution is -2.50. The molecule has 19 heavy (non-hydrogen) atoms. The van der Waals surface area contributed by atoms with Crippen LogP contribution >= 0.6 is 0 Å². The molecule has 0 aliphatic carbocycles. The van der Waals surface area contributed by atoms with E-state index >= 15 is 0 Å². The second-order valence-electron chi connectivity index (χ2n) is 6.31. The molecule has 3 nitrogen and oxygen atoms in total. The van der Waals surface area contributed by atoms with Gasteiger partial charge in [-0.25, -0.2) is 0 Å². The van der Waals surface area contributed by atoms with E-state index in [0.717, 1.165) is 30.8 Å². The van der Waals surface area contributed by atoms with Crippen LogP contribution in [-0.2, 0) is 0 Å². The van der Waals surface area contributed by atoms with Gasteiger partial charge >= 0.3 is 0 Å². The van der Waals surface area contributed by atoms with E-state index in [1.807, 2.05) is 0 Å². The zero-order chi connectivity index (χ0) is 14.0. The Morgan fingerprint density at radius 3 is 2.68 bits per heavy atom. The zero-order valence-corrected chi connectivity index (χ0v) is 12.8. The average molecular weight is 262 g/mol. The van der Waals surface area contributed by atoms with Gasteiger partial charge in [0.25, 0.3) is 0 Å².